The predicted molar refractivity (Wildman–Crippen MR) is 71.6 cm³/mol. The highest BCUT2D eigenvalue weighted by molar-refractivity contribution is 5.85. The van der Waals surface area contributed by atoms with E-state index in [1.165, 1.54) is 6.08 Å². The van der Waals surface area contributed by atoms with E-state index in [1.807, 2.05) is 36.4 Å². The summed E-state index contributed by atoms with van der Waals surface area (Å²) in [6.45, 7) is 3.09. The molecule has 1 amide bonds. The number of rotatable bonds is 4. The summed E-state index contributed by atoms with van der Waals surface area (Å²) in [5.41, 5.74) is 5.59. The van der Waals surface area contributed by atoms with Gasteiger partial charge in [0.1, 0.15) is 0 Å². The first kappa shape index (κ1) is 15.4. The number of allylic oxidation sites excluding steroid dienone is 2. The van der Waals surface area contributed by atoms with Crippen LogP contribution in [-0.4, -0.2) is 17.0 Å². The molecule has 0 fully saturated rings. The molecule has 4 nitrogen and oxygen atoms in total. The summed E-state index contributed by atoms with van der Waals surface area (Å²) >= 11 is 0. The van der Waals surface area contributed by atoms with Gasteiger partial charge in [0.05, 0.1) is 0 Å². The fraction of sp³-hybridized carbons (Fsp3) is 0. The number of carbonyl (C=O) groups excluding carboxylic acids is 1. The van der Waals surface area contributed by atoms with Crippen molar-refractivity contribution in [2.24, 2.45) is 5.73 Å². The molecule has 0 aromatic heterocycles. The number of carbonyl (C=O) groups is 2. The van der Waals surface area contributed by atoms with Gasteiger partial charge in [0.15, 0.2) is 0 Å². The Morgan fingerprint density at radius 1 is 1.17 bits per heavy atom. The molecule has 18 heavy (non-hydrogen) atoms. The van der Waals surface area contributed by atoms with Crippen molar-refractivity contribution in [2.75, 3.05) is 0 Å². The number of nitrogens with two attached hydrogens (primary N) is 1. The van der Waals surface area contributed by atoms with Gasteiger partial charge in [0, 0.05) is 6.08 Å². The molecule has 0 aliphatic carbocycles. The molecule has 0 heterocycles. The maximum atomic E-state index is 10.1. The summed E-state index contributed by atoms with van der Waals surface area (Å²) < 4.78 is 0. The van der Waals surface area contributed by atoms with E-state index in [0.29, 0.717) is 0 Å². The lowest BCUT2D eigenvalue weighted by atomic mass is 10.2. The average Bonchev–Trinajstić information content (AvgIpc) is 2.36. The van der Waals surface area contributed by atoms with Crippen molar-refractivity contribution in [2.45, 2.75) is 0 Å². The van der Waals surface area contributed by atoms with Crippen LogP contribution >= 0.6 is 0 Å². The first-order valence-corrected chi connectivity index (χ1v) is 5.11. The lowest BCUT2D eigenvalue weighted by Gasteiger charge is -1.87. The maximum absolute atomic E-state index is 10.1. The van der Waals surface area contributed by atoms with Crippen LogP contribution in [0.1, 0.15) is 5.56 Å². The molecule has 0 aliphatic heterocycles. The van der Waals surface area contributed by atoms with Gasteiger partial charge in [-0.3, -0.25) is 4.79 Å². The fourth-order valence-electron chi connectivity index (χ4n) is 0.869. The molecule has 0 saturated carbocycles. The number of aliphatic carboxylic acids is 1. The largest absolute Gasteiger partial charge is 0.478 e. The minimum Gasteiger partial charge on any atom is -0.478 e. The topological polar surface area (TPSA) is 80.4 Å². The summed E-state index contributed by atoms with van der Waals surface area (Å²) in [4.78, 5) is 19.6. The van der Waals surface area contributed by atoms with E-state index in [9.17, 15) is 9.59 Å². The second-order valence-corrected chi connectivity index (χ2v) is 3.07. The molecule has 0 spiro atoms. The zero-order chi connectivity index (χ0) is 13.8. The highest BCUT2D eigenvalue weighted by Gasteiger charge is 1.82. The lowest BCUT2D eigenvalue weighted by Crippen LogP contribution is -2.04. The summed E-state index contributed by atoms with van der Waals surface area (Å²) in [5, 5.41) is 8.29. The van der Waals surface area contributed by atoms with Crippen LogP contribution in [0.4, 0.5) is 0 Å². The molecule has 3 N–H and O–H groups in total. The van der Waals surface area contributed by atoms with Crippen molar-refractivity contribution in [1.29, 1.82) is 0 Å². The Balaban J connectivity index is 0.000000494. The van der Waals surface area contributed by atoms with E-state index in [1.54, 1.807) is 6.08 Å². The van der Waals surface area contributed by atoms with Crippen LogP contribution in [0.15, 0.2) is 61.2 Å². The minimum atomic E-state index is -0.933. The molecular weight excluding hydrogens is 230 g/mol. The van der Waals surface area contributed by atoms with Crippen molar-refractivity contribution in [3.05, 3.63) is 66.8 Å². The third-order valence-corrected chi connectivity index (χ3v) is 1.64. The van der Waals surface area contributed by atoms with Gasteiger partial charge in [-0.1, -0.05) is 55.1 Å². The molecule has 0 radical (unpaired) electrons. The summed E-state index contributed by atoms with van der Waals surface area (Å²) in [6, 6.07) is 9.70. The lowest BCUT2D eigenvalue weighted by molar-refractivity contribution is -0.131. The van der Waals surface area contributed by atoms with E-state index in [0.717, 1.165) is 17.7 Å². The van der Waals surface area contributed by atoms with Crippen LogP contribution in [0.2, 0.25) is 0 Å². The van der Waals surface area contributed by atoms with Crippen molar-refractivity contribution < 1.29 is 14.7 Å². The molecule has 4 heteroatoms. The van der Waals surface area contributed by atoms with Gasteiger partial charge >= 0.3 is 5.97 Å². The fourth-order valence-corrected chi connectivity index (χ4v) is 0.869. The van der Waals surface area contributed by atoms with E-state index in [2.05, 4.69) is 12.3 Å². The number of carboxylic acids is 1. The highest BCUT2D eigenvalue weighted by Crippen LogP contribution is 2.00. The monoisotopic (exact) mass is 245 g/mol. The zero-order valence-corrected chi connectivity index (χ0v) is 9.82. The third-order valence-electron chi connectivity index (χ3n) is 1.64. The van der Waals surface area contributed by atoms with Crippen LogP contribution in [-0.2, 0) is 9.59 Å². The quantitative estimate of drug-likeness (QED) is 0.628. The van der Waals surface area contributed by atoms with Crippen molar-refractivity contribution in [3.8, 4) is 0 Å². The van der Waals surface area contributed by atoms with Gasteiger partial charge in [-0.05, 0) is 11.6 Å². The number of benzene rings is 1. The summed E-state index contributed by atoms with van der Waals surface area (Å²) in [7, 11) is 0. The SMILES string of the molecule is C=CC(N)=O.O=C(O)C=CC=Cc1ccccc1. The molecule has 1 aromatic carbocycles. The first-order valence-electron chi connectivity index (χ1n) is 5.11. The minimum absolute atomic E-state index is 0.481. The molecule has 0 unspecified atom stereocenters. The van der Waals surface area contributed by atoms with Crippen molar-refractivity contribution >= 4 is 18.0 Å². The Bertz CT molecular complexity index is 447. The number of primary amides is 1. The number of amides is 1. The third kappa shape index (κ3) is 9.92. The molecule has 1 aromatic rings. The highest BCUT2D eigenvalue weighted by atomic mass is 16.4. The summed E-state index contributed by atoms with van der Waals surface area (Å²) in [5.74, 6) is -1.41. The number of hydrogen-bond acceptors (Lipinski definition) is 2. The van der Waals surface area contributed by atoms with E-state index in [-0.39, 0.29) is 0 Å². The maximum Gasteiger partial charge on any atom is 0.328 e. The van der Waals surface area contributed by atoms with Gasteiger partial charge in [-0.15, -0.1) is 0 Å². The van der Waals surface area contributed by atoms with Gasteiger partial charge in [-0.25, -0.2) is 4.79 Å². The van der Waals surface area contributed by atoms with E-state index < -0.39 is 11.9 Å². The van der Waals surface area contributed by atoms with Gasteiger partial charge in [0.2, 0.25) is 5.91 Å². The Morgan fingerprint density at radius 3 is 2.17 bits per heavy atom. The average molecular weight is 245 g/mol. The van der Waals surface area contributed by atoms with Crippen LogP contribution in [0.25, 0.3) is 6.08 Å². The Kier molecular flexibility index (Phi) is 8.20. The number of carboxylic acid groups (broad SMARTS) is 1. The van der Waals surface area contributed by atoms with Crippen LogP contribution in [0.5, 0.6) is 0 Å². The second-order valence-electron chi connectivity index (χ2n) is 3.07. The van der Waals surface area contributed by atoms with Crippen LogP contribution in [0, 0.1) is 0 Å². The molecular formula is C14H15NO3. The van der Waals surface area contributed by atoms with E-state index in [4.69, 9.17) is 5.11 Å². The van der Waals surface area contributed by atoms with Gasteiger partial charge in [-0.2, -0.15) is 0 Å². The van der Waals surface area contributed by atoms with Crippen molar-refractivity contribution in [1.82, 2.24) is 0 Å². The molecule has 0 aliphatic rings. The zero-order valence-electron chi connectivity index (χ0n) is 9.82. The van der Waals surface area contributed by atoms with Crippen molar-refractivity contribution in [3.63, 3.8) is 0 Å². The smallest absolute Gasteiger partial charge is 0.328 e. The Hall–Kier alpha value is -2.62. The molecule has 0 atom stereocenters. The van der Waals surface area contributed by atoms with Gasteiger partial charge in [0.25, 0.3) is 0 Å². The standard InChI is InChI=1S/C11H10O2.C3H5NO/c12-11(13)9-5-4-8-10-6-2-1-3-7-10;1-2-3(4)5/h1-9H,(H,12,13);2H,1H2,(H2,4,5). The Morgan fingerprint density at radius 2 is 1.72 bits per heavy atom. The van der Waals surface area contributed by atoms with Crippen LogP contribution < -0.4 is 5.73 Å². The molecule has 94 valence electrons. The normalized spacial score (nSPS) is 9.78. The van der Waals surface area contributed by atoms with Crippen LogP contribution in [0.3, 0.4) is 0 Å². The summed E-state index contributed by atoms with van der Waals surface area (Å²) in [6.07, 6.45) is 7.19. The molecule has 0 bridgehead atoms. The van der Waals surface area contributed by atoms with E-state index >= 15 is 0 Å². The molecule has 0 saturated heterocycles. The van der Waals surface area contributed by atoms with Gasteiger partial charge < -0.3 is 10.8 Å². The second kappa shape index (κ2) is 9.59. The number of hydrogen-bond donors (Lipinski definition) is 2. The Labute approximate surface area is 106 Å². The first-order chi connectivity index (χ1) is 8.56. The molecule has 1 rings (SSSR count). The predicted octanol–water partition coefficient (Wildman–Crippen LogP) is 2.00.